The van der Waals surface area contributed by atoms with Gasteiger partial charge in [-0.25, -0.2) is 0 Å². The van der Waals surface area contributed by atoms with Gasteiger partial charge in [0.05, 0.1) is 5.97 Å². The van der Waals surface area contributed by atoms with Crippen LogP contribution < -0.4 is 10.4 Å². The molecule has 4 rings (SSSR count). The van der Waals surface area contributed by atoms with Crippen LogP contribution in [0.15, 0.2) is 72.8 Å². The third-order valence-corrected chi connectivity index (χ3v) is 5.10. The van der Waals surface area contributed by atoms with Crippen molar-refractivity contribution < 1.29 is 19.5 Å². The van der Waals surface area contributed by atoms with E-state index in [1.54, 1.807) is 67.6 Å². The molecule has 5 nitrogen and oxygen atoms in total. The minimum atomic E-state index is -1.65. The maximum atomic E-state index is 13.5. The molecule has 0 fully saturated rings. The van der Waals surface area contributed by atoms with Gasteiger partial charge in [0.1, 0.15) is 0 Å². The van der Waals surface area contributed by atoms with E-state index >= 15 is 0 Å². The molecule has 0 atom stereocenters. The summed E-state index contributed by atoms with van der Waals surface area (Å²) in [5.74, 6) is -2.06. The van der Waals surface area contributed by atoms with Crippen LogP contribution in [0.2, 0.25) is 0 Å². The summed E-state index contributed by atoms with van der Waals surface area (Å²) < 4.78 is 0. The average Bonchev–Trinajstić information content (AvgIpc) is 2.93. The van der Waals surface area contributed by atoms with E-state index < -0.39 is 11.5 Å². The molecule has 138 valence electrons. The van der Waals surface area contributed by atoms with Crippen molar-refractivity contribution in [2.75, 3.05) is 5.32 Å². The van der Waals surface area contributed by atoms with E-state index in [1.807, 2.05) is 0 Å². The molecule has 5 heteroatoms. The number of hydrogen-bond donors (Lipinski definition) is 1. The second-order valence-corrected chi connectivity index (χ2v) is 6.76. The van der Waals surface area contributed by atoms with Crippen LogP contribution in [0.3, 0.4) is 0 Å². The van der Waals surface area contributed by atoms with Crippen molar-refractivity contribution in [2.24, 2.45) is 0 Å². The predicted octanol–water partition coefficient (Wildman–Crippen LogP) is 2.75. The Morgan fingerprint density at radius 1 is 0.857 bits per heavy atom. The molecule has 0 saturated heterocycles. The SMILES string of the molecule is Cc1ccc(C(=O)[O-])cc1NC1(c2ccccc2)C(=O)c2ccccc2C1=O. The van der Waals surface area contributed by atoms with Crippen molar-refractivity contribution in [1.29, 1.82) is 0 Å². The molecule has 0 aliphatic heterocycles. The van der Waals surface area contributed by atoms with E-state index in [4.69, 9.17) is 0 Å². The maximum absolute atomic E-state index is 13.5. The number of nitrogens with one attached hydrogen (secondary N) is 1. The highest BCUT2D eigenvalue weighted by Crippen LogP contribution is 2.41. The number of benzene rings is 3. The van der Waals surface area contributed by atoms with E-state index in [9.17, 15) is 19.5 Å². The summed E-state index contributed by atoms with van der Waals surface area (Å²) in [6, 6.07) is 19.9. The molecule has 1 aliphatic carbocycles. The second-order valence-electron chi connectivity index (χ2n) is 6.76. The number of aromatic carboxylic acids is 1. The topological polar surface area (TPSA) is 86.3 Å². The third kappa shape index (κ3) is 2.52. The quantitative estimate of drug-likeness (QED) is 0.714. The van der Waals surface area contributed by atoms with E-state index in [0.29, 0.717) is 27.9 Å². The lowest BCUT2D eigenvalue weighted by Crippen LogP contribution is -2.46. The van der Waals surface area contributed by atoms with E-state index in [-0.39, 0.29) is 17.1 Å². The van der Waals surface area contributed by atoms with Crippen molar-refractivity contribution in [3.63, 3.8) is 0 Å². The molecule has 0 unspecified atom stereocenters. The number of carbonyl (C=O) groups excluding carboxylic acids is 3. The molecule has 0 radical (unpaired) electrons. The van der Waals surface area contributed by atoms with Gasteiger partial charge in [-0.05, 0) is 29.7 Å². The zero-order valence-electron chi connectivity index (χ0n) is 15.1. The highest BCUT2D eigenvalue weighted by molar-refractivity contribution is 6.34. The number of ketones is 2. The van der Waals surface area contributed by atoms with Crippen LogP contribution in [-0.2, 0) is 5.54 Å². The first-order valence-electron chi connectivity index (χ1n) is 8.79. The molecule has 0 aromatic heterocycles. The molecular formula is C23H16NO4-. The normalized spacial score (nSPS) is 14.6. The van der Waals surface area contributed by atoms with Crippen LogP contribution in [-0.4, -0.2) is 17.5 Å². The van der Waals surface area contributed by atoms with E-state index in [2.05, 4.69) is 5.32 Å². The van der Waals surface area contributed by atoms with Gasteiger partial charge in [-0.1, -0.05) is 66.7 Å². The van der Waals surface area contributed by atoms with Crippen molar-refractivity contribution in [3.05, 3.63) is 101 Å². The van der Waals surface area contributed by atoms with Crippen LogP contribution >= 0.6 is 0 Å². The zero-order valence-corrected chi connectivity index (χ0v) is 15.1. The number of anilines is 1. The van der Waals surface area contributed by atoms with Gasteiger partial charge < -0.3 is 15.2 Å². The number of fused-ring (bicyclic) bond motifs is 1. The lowest BCUT2D eigenvalue weighted by molar-refractivity contribution is -0.255. The zero-order chi connectivity index (χ0) is 19.9. The maximum Gasteiger partial charge on any atom is 0.201 e. The highest BCUT2D eigenvalue weighted by Gasteiger charge is 2.54. The molecule has 3 aromatic rings. The predicted molar refractivity (Wildman–Crippen MR) is 102 cm³/mol. The summed E-state index contributed by atoms with van der Waals surface area (Å²) in [6.07, 6.45) is 0. The number of Topliss-reactive ketones (excluding diaryl/α,β-unsaturated/α-hetero) is 2. The Hall–Kier alpha value is -3.73. The molecule has 0 amide bonds. The molecule has 1 N–H and O–H groups in total. The first kappa shape index (κ1) is 17.7. The van der Waals surface area contributed by atoms with Crippen molar-refractivity contribution in [3.8, 4) is 0 Å². The number of rotatable bonds is 4. The van der Waals surface area contributed by atoms with Crippen molar-refractivity contribution in [2.45, 2.75) is 12.5 Å². The summed E-state index contributed by atoms with van der Waals surface area (Å²) in [5.41, 5.74) is 0.596. The van der Waals surface area contributed by atoms with Crippen LogP contribution in [0.25, 0.3) is 0 Å². The number of aryl methyl sites for hydroxylation is 1. The number of carboxylic acid groups (broad SMARTS) is 1. The van der Waals surface area contributed by atoms with Crippen LogP contribution in [0.4, 0.5) is 5.69 Å². The lowest BCUT2D eigenvalue weighted by Gasteiger charge is -2.30. The van der Waals surface area contributed by atoms with Crippen molar-refractivity contribution >= 4 is 23.2 Å². The van der Waals surface area contributed by atoms with Crippen LogP contribution in [0.5, 0.6) is 0 Å². The molecule has 3 aromatic carbocycles. The molecule has 1 aliphatic rings. The molecule has 28 heavy (non-hydrogen) atoms. The van der Waals surface area contributed by atoms with Gasteiger partial charge in [-0.3, -0.25) is 9.59 Å². The number of hydrogen-bond acceptors (Lipinski definition) is 5. The summed E-state index contributed by atoms with van der Waals surface area (Å²) in [7, 11) is 0. The van der Waals surface area contributed by atoms with Gasteiger partial charge in [-0.15, -0.1) is 0 Å². The van der Waals surface area contributed by atoms with Crippen LogP contribution in [0, 0.1) is 6.92 Å². The monoisotopic (exact) mass is 370 g/mol. The fourth-order valence-electron chi connectivity index (χ4n) is 3.61. The average molecular weight is 370 g/mol. The smallest absolute Gasteiger partial charge is 0.201 e. The highest BCUT2D eigenvalue weighted by atomic mass is 16.4. The lowest BCUT2D eigenvalue weighted by atomic mass is 9.84. The minimum absolute atomic E-state index is 0.0354. The second kappa shape index (κ2) is 6.46. The number of carbonyl (C=O) groups is 3. The minimum Gasteiger partial charge on any atom is -0.545 e. The molecular weight excluding hydrogens is 354 g/mol. The molecule has 0 bridgehead atoms. The Morgan fingerprint density at radius 2 is 1.43 bits per heavy atom. The van der Waals surface area contributed by atoms with E-state index in [0.717, 1.165) is 0 Å². The first-order valence-corrected chi connectivity index (χ1v) is 8.79. The molecule has 0 spiro atoms. The van der Waals surface area contributed by atoms with Gasteiger partial charge >= 0.3 is 0 Å². The van der Waals surface area contributed by atoms with Gasteiger partial charge in [-0.2, -0.15) is 0 Å². The van der Waals surface area contributed by atoms with Gasteiger partial charge in [0.25, 0.3) is 0 Å². The Labute approximate surface area is 161 Å². The standard InChI is InChI=1S/C23H17NO4/c1-14-11-12-15(22(27)28)13-19(14)24-23(16-7-3-2-4-8-16)20(25)17-9-5-6-10-18(17)21(23)26/h2-13,24H,1H3,(H,27,28)/p-1. The summed E-state index contributed by atoms with van der Waals surface area (Å²) in [6.45, 7) is 1.77. The number of carboxylic acids is 1. The summed E-state index contributed by atoms with van der Waals surface area (Å²) in [5, 5.41) is 14.4. The Morgan fingerprint density at radius 3 is 2.00 bits per heavy atom. The van der Waals surface area contributed by atoms with E-state index in [1.165, 1.54) is 12.1 Å². The Kier molecular flexibility index (Phi) is 4.08. The molecule has 0 saturated carbocycles. The van der Waals surface area contributed by atoms with Crippen molar-refractivity contribution in [1.82, 2.24) is 0 Å². The largest absolute Gasteiger partial charge is 0.545 e. The van der Waals surface area contributed by atoms with Gasteiger partial charge in [0.15, 0.2) is 5.54 Å². The fourth-order valence-corrected chi connectivity index (χ4v) is 3.61. The third-order valence-electron chi connectivity index (χ3n) is 5.10. The molecule has 0 heterocycles. The Balaban J connectivity index is 1.93. The van der Waals surface area contributed by atoms with Gasteiger partial charge in [0, 0.05) is 16.8 Å². The first-order chi connectivity index (χ1) is 13.4. The fraction of sp³-hybridized carbons (Fsp3) is 0.0870. The summed E-state index contributed by atoms with van der Waals surface area (Å²) >= 11 is 0. The summed E-state index contributed by atoms with van der Waals surface area (Å²) in [4.78, 5) is 38.2. The van der Waals surface area contributed by atoms with Gasteiger partial charge in [0.2, 0.25) is 11.6 Å². The van der Waals surface area contributed by atoms with Crippen LogP contribution in [0.1, 0.15) is 42.2 Å². The Bertz CT molecular complexity index is 1080.